The number of piperazine rings is 1. The first-order valence-corrected chi connectivity index (χ1v) is 7.41. The summed E-state index contributed by atoms with van der Waals surface area (Å²) < 4.78 is 5.62. The fraction of sp³-hybridized carbons (Fsp3) is 0.714. The molecule has 0 saturated carbocycles. The van der Waals surface area contributed by atoms with Gasteiger partial charge in [0.25, 0.3) is 0 Å². The Morgan fingerprint density at radius 3 is 2.30 bits per heavy atom. The molecular weight excluding hydrogens is 276 g/mol. The Morgan fingerprint density at radius 1 is 1.15 bits per heavy atom. The second kappa shape index (κ2) is 6.70. The average molecular weight is 299 g/mol. The molecule has 2 heterocycles. The Labute approximate surface area is 125 Å². The average Bonchev–Trinajstić information content (AvgIpc) is 2.41. The minimum atomic E-state index is 0.246. The van der Waals surface area contributed by atoms with E-state index < -0.39 is 0 Å². The van der Waals surface area contributed by atoms with Crippen LogP contribution in [0, 0.1) is 0 Å². The molecule has 0 radical (unpaired) electrons. The highest BCUT2D eigenvalue weighted by Crippen LogP contribution is 2.15. The topological polar surface area (TPSA) is 41.5 Å². The fourth-order valence-corrected chi connectivity index (χ4v) is 2.41. The highest BCUT2D eigenvalue weighted by atomic mass is 35.5. The van der Waals surface area contributed by atoms with Gasteiger partial charge in [-0.15, -0.1) is 0 Å². The standard InChI is InChI=1S/C14H23ClN4O/c1-14(2,3)19-6-4-18(5-7-19)8-9-20-12-10-16-13(15)17-11-12/h10-11H,4-9H2,1-3H3. The molecule has 0 N–H and O–H groups in total. The van der Waals surface area contributed by atoms with Crippen molar-refractivity contribution in [2.75, 3.05) is 39.3 Å². The summed E-state index contributed by atoms with van der Waals surface area (Å²) >= 11 is 5.63. The SMILES string of the molecule is CC(C)(C)N1CCN(CCOc2cnc(Cl)nc2)CC1. The molecule has 1 aromatic heterocycles. The lowest BCUT2D eigenvalue weighted by Gasteiger charge is -2.42. The Hall–Kier alpha value is -0.910. The van der Waals surface area contributed by atoms with E-state index in [1.165, 1.54) is 0 Å². The number of hydrogen-bond donors (Lipinski definition) is 0. The van der Waals surface area contributed by atoms with E-state index in [4.69, 9.17) is 16.3 Å². The fourth-order valence-electron chi connectivity index (χ4n) is 2.31. The Kier molecular flexibility index (Phi) is 5.18. The van der Waals surface area contributed by atoms with Crippen LogP contribution >= 0.6 is 11.6 Å². The van der Waals surface area contributed by atoms with Gasteiger partial charge in [0, 0.05) is 38.3 Å². The zero-order valence-corrected chi connectivity index (χ0v) is 13.2. The number of rotatable bonds is 4. The molecule has 1 aliphatic heterocycles. The van der Waals surface area contributed by atoms with Crippen LogP contribution in [0.15, 0.2) is 12.4 Å². The van der Waals surface area contributed by atoms with Gasteiger partial charge >= 0.3 is 0 Å². The molecule has 0 atom stereocenters. The van der Waals surface area contributed by atoms with Gasteiger partial charge in [0.05, 0.1) is 12.4 Å². The van der Waals surface area contributed by atoms with Gasteiger partial charge in [0.2, 0.25) is 5.28 Å². The van der Waals surface area contributed by atoms with E-state index >= 15 is 0 Å². The van der Waals surface area contributed by atoms with Crippen molar-refractivity contribution in [1.29, 1.82) is 0 Å². The minimum absolute atomic E-state index is 0.246. The van der Waals surface area contributed by atoms with Crippen LogP contribution < -0.4 is 4.74 Å². The highest BCUT2D eigenvalue weighted by Gasteiger charge is 2.25. The van der Waals surface area contributed by atoms with Gasteiger partial charge in [-0.2, -0.15) is 0 Å². The number of ether oxygens (including phenoxy) is 1. The summed E-state index contributed by atoms with van der Waals surface area (Å²) in [6.45, 7) is 12.8. The lowest BCUT2D eigenvalue weighted by Crippen LogP contribution is -2.53. The van der Waals surface area contributed by atoms with Crippen LogP contribution in [0.5, 0.6) is 5.75 Å². The van der Waals surface area contributed by atoms with E-state index in [-0.39, 0.29) is 10.8 Å². The van der Waals surface area contributed by atoms with Crippen molar-refractivity contribution >= 4 is 11.6 Å². The molecule has 1 fully saturated rings. The van der Waals surface area contributed by atoms with Crippen LogP contribution in [0.3, 0.4) is 0 Å². The van der Waals surface area contributed by atoms with Crippen molar-refractivity contribution in [3.8, 4) is 5.75 Å². The second-order valence-corrected chi connectivity index (χ2v) is 6.37. The van der Waals surface area contributed by atoms with E-state index in [0.29, 0.717) is 12.4 Å². The van der Waals surface area contributed by atoms with Gasteiger partial charge < -0.3 is 4.74 Å². The molecule has 0 aliphatic carbocycles. The molecule has 0 amide bonds. The number of halogens is 1. The van der Waals surface area contributed by atoms with Crippen LogP contribution in [0.4, 0.5) is 0 Å². The third kappa shape index (κ3) is 4.58. The van der Waals surface area contributed by atoms with E-state index in [2.05, 4.69) is 40.5 Å². The third-order valence-corrected chi connectivity index (χ3v) is 3.79. The summed E-state index contributed by atoms with van der Waals surface area (Å²) in [5, 5.41) is 0.246. The zero-order chi connectivity index (χ0) is 14.6. The molecule has 1 saturated heterocycles. The molecule has 6 heteroatoms. The van der Waals surface area contributed by atoms with Gasteiger partial charge in [-0.1, -0.05) is 0 Å². The highest BCUT2D eigenvalue weighted by molar-refractivity contribution is 6.28. The number of aromatic nitrogens is 2. The van der Waals surface area contributed by atoms with Crippen molar-refractivity contribution in [3.05, 3.63) is 17.7 Å². The van der Waals surface area contributed by atoms with E-state index in [9.17, 15) is 0 Å². The van der Waals surface area contributed by atoms with Gasteiger partial charge in [-0.05, 0) is 32.4 Å². The largest absolute Gasteiger partial charge is 0.489 e. The molecule has 0 bridgehead atoms. The van der Waals surface area contributed by atoms with E-state index in [0.717, 1.165) is 32.7 Å². The Morgan fingerprint density at radius 2 is 1.75 bits per heavy atom. The van der Waals surface area contributed by atoms with Crippen LogP contribution in [0.1, 0.15) is 20.8 Å². The monoisotopic (exact) mass is 298 g/mol. The Balaban J connectivity index is 1.67. The Bertz CT molecular complexity index is 410. The first-order valence-electron chi connectivity index (χ1n) is 7.03. The first kappa shape index (κ1) is 15.5. The molecule has 5 nitrogen and oxygen atoms in total. The molecule has 112 valence electrons. The van der Waals surface area contributed by atoms with Crippen molar-refractivity contribution in [2.45, 2.75) is 26.3 Å². The second-order valence-electron chi connectivity index (χ2n) is 6.04. The van der Waals surface area contributed by atoms with Crippen LogP contribution in [0.2, 0.25) is 5.28 Å². The van der Waals surface area contributed by atoms with Gasteiger partial charge in [-0.3, -0.25) is 9.80 Å². The maximum absolute atomic E-state index is 5.63. The van der Waals surface area contributed by atoms with Crippen molar-refractivity contribution in [3.63, 3.8) is 0 Å². The van der Waals surface area contributed by atoms with Gasteiger partial charge in [-0.25, -0.2) is 9.97 Å². The van der Waals surface area contributed by atoms with Gasteiger partial charge in [0.15, 0.2) is 5.75 Å². The predicted octanol–water partition coefficient (Wildman–Crippen LogP) is 1.92. The molecular formula is C14H23ClN4O. The third-order valence-electron chi connectivity index (χ3n) is 3.59. The molecule has 1 aliphatic rings. The normalized spacial score (nSPS) is 18.2. The smallest absolute Gasteiger partial charge is 0.222 e. The molecule has 20 heavy (non-hydrogen) atoms. The predicted molar refractivity (Wildman–Crippen MR) is 80.3 cm³/mol. The zero-order valence-electron chi connectivity index (χ0n) is 12.5. The van der Waals surface area contributed by atoms with Crippen molar-refractivity contribution in [1.82, 2.24) is 19.8 Å². The summed E-state index contributed by atoms with van der Waals surface area (Å²) in [6.07, 6.45) is 3.21. The van der Waals surface area contributed by atoms with Crippen LogP contribution in [0.25, 0.3) is 0 Å². The summed E-state index contributed by atoms with van der Waals surface area (Å²) in [6, 6.07) is 0. The van der Waals surface area contributed by atoms with Crippen molar-refractivity contribution in [2.24, 2.45) is 0 Å². The maximum Gasteiger partial charge on any atom is 0.222 e. The van der Waals surface area contributed by atoms with Crippen LogP contribution in [-0.2, 0) is 0 Å². The van der Waals surface area contributed by atoms with Crippen LogP contribution in [-0.4, -0.2) is 64.6 Å². The van der Waals surface area contributed by atoms with E-state index in [1.807, 2.05) is 0 Å². The summed E-state index contributed by atoms with van der Waals surface area (Å²) in [5.41, 5.74) is 0.267. The number of nitrogens with zero attached hydrogens (tertiary/aromatic N) is 4. The van der Waals surface area contributed by atoms with Crippen molar-refractivity contribution < 1.29 is 4.74 Å². The molecule has 1 aromatic rings. The minimum Gasteiger partial charge on any atom is -0.489 e. The molecule has 2 rings (SSSR count). The summed E-state index contributed by atoms with van der Waals surface area (Å²) in [7, 11) is 0. The molecule has 0 aromatic carbocycles. The first-order chi connectivity index (χ1) is 9.45. The molecule has 0 spiro atoms. The number of hydrogen-bond acceptors (Lipinski definition) is 5. The maximum atomic E-state index is 5.63. The summed E-state index contributed by atoms with van der Waals surface area (Å²) in [5.74, 6) is 0.669. The lowest BCUT2D eigenvalue weighted by atomic mass is 10.1. The summed E-state index contributed by atoms with van der Waals surface area (Å²) in [4.78, 5) is 12.7. The molecule has 0 unspecified atom stereocenters. The van der Waals surface area contributed by atoms with E-state index in [1.54, 1.807) is 12.4 Å². The quantitative estimate of drug-likeness (QED) is 0.795. The van der Waals surface area contributed by atoms with Gasteiger partial charge in [0.1, 0.15) is 6.61 Å². The lowest BCUT2D eigenvalue weighted by molar-refractivity contribution is 0.0564.